The van der Waals surface area contributed by atoms with Crippen molar-refractivity contribution in [2.45, 2.75) is 19.4 Å². The highest BCUT2D eigenvalue weighted by molar-refractivity contribution is 8.18. The summed E-state index contributed by atoms with van der Waals surface area (Å²) in [4.78, 5) is 37.3. The zero-order valence-corrected chi connectivity index (χ0v) is 18.3. The molecule has 0 bridgehead atoms. The highest BCUT2D eigenvalue weighted by Crippen LogP contribution is 2.26. The van der Waals surface area contributed by atoms with Gasteiger partial charge in [-0.25, -0.2) is 4.79 Å². The molecule has 166 valence electrons. The van der Waals surface area contributed by atoms with E-state index in [-0.39, 0.29) is 23.8 Å². The van der Waals surface area contributed by atoms with Gasteiger partial charge in [-0.05, 0) is 59.9 Å². The minimum absolute atomic E-state index is 0.270. The molecule has 8 heteroatoms. The molecule has 2 aliphatic rings. The van der Waals surface area contributed by atoms with Gasteiger partial charge in [0, 0.05) is 13.1 Å². The van der Waals surface area contributed by atoms with Gasteiger partial charge in [-0.1, -0.05) is 42.5 Å². The maximum atomic E-state index is 12.3. The van der Waals surface area contributed by atoms with Crippen molar-refractivity contribution in [3.05, 3.63) is 70.6 Å². The summed E-state index contributed by atoms with van der Waals surface area (Å²) < 4.78 is 11.3. The van der Waals surface area contributed by atoms with Gasteiger partial charge in [-0.2, -0.15) is 0 Å². The van der Waals surface area contributed by atoms with Gasteiger partial charge >= 0.3 is 6.09 Å². The molecule has 2 saturated heterocycles. The Kier molecular flexibility index (Phi) is 7.11. The van der Waals surface area contributed by atoms with Crippen LogP contribution >= 0.6 is 11.8 Å². The van der Waals surface area contributed by atoms with Crippen molar-refractivity contribution >= 4 is 35.1 Å². The van der Waals surface area contributed by atoms with E-state index in [0.717, 1.165) is 41.5 Å². The number of imide groups is 1. The predicted molar refractivity (Wildman–Crippen MR) is 122 cm³/mol. The zero-order valence-electron chi connectivity index (χ0n) is 17.5. The minimum atomic E-state index is -0.365. The SMILES string of the molecule is O=C1NC(=O)/C(=C\c2ccc(OCC3CCN(C(=O)OCc4ccccc4)CC3)cc2)S1. The number of carbonyl (C=O) groups is 3. The van der Waals surface area contributed by atoms with Crippen molar-refractivity contribution in [2.75, 3.05) is 19.7 Å². The first-order chi connectivity index (χ1) is 15.6. The van der Waals surface area contributed by atoms with Crippen LogP contribution in [0.15, 0.2) is 59.5 Å². The lowest BCUT2D eigenvalue weighted by Crippen LogP contribution is -2.39. The second-order valence-corrected chi connectivity index (χ2v) is 8.72. The van der Waals surface area contributed by atoms with Gasteiger partial charge in [0.25, 0.3) is 11.1 Å². The molecule has 7 nitrogen and oxygen atoms in total. The van der Waals surface area contributed by atoms with Crippen LogP contribution < -0.4 is 10.1 Å². The Morgan fingerprint density at radius 3 is 2.44 bits per heavy atom. The number of rotatable bonds is 6. The maximum absolute atomic E-state index is 12.3. The van der Waals surface area contributed by atoms with Gasteiger partial charge < -0.3 is 14.4 Å². The van der Waals surface area contributed by atoms with E-state index in [1.54, 1.807) is 11.0 Å². The lowest BCUT2D eigenvalue weighted by molar-refractivity contribution is -0.115. The third-order valence-corrected chi connectivity index (χ3v) is 6.19. The van der Waals surface area contributed by atoms with E-state index < -0.39 is 0 Å². The van der Waals surface area contributed by atoms with Crippen LogP contribution in [0.3, 0.4) is 0 Å². The second-order valence-electron chi connectivity index (χ2n) is 7.70. The Bertz CT molecular complexity index is 999. The average molecular weight is 453 g/mol. The molecule has 2 aliphatic heterocycles. The number of likely N-dealkylation sites (tertiary alicyclic amines) is 1. The Labute approximate surface area is 190 Å². The Balaban J connectivity index is 1.19. The number of amides is 3. The van der Waals surface area contributed by atoms with Crippen molar-refractivity contribution in [2.24, 2.45) is 5.92 Å². The quantitative estimate of drug-likeness (QED) is 0.653. The first kappa shape index (κ1) is 22.0. The first-order valence-electron chi connectivity index (χ1n) is 10.5. The van der Waals surface area contributed by atoms with E-state index in [1.807, 2.05) is 54.6 Å². The molecular formula is C24H24N2O5S. The van der Waals surface area contributed by atoms with Crippen LogP contribution in [0.1, 0.15) is 24.0 Å². The second kappa shape index (κ2) is 10.4. The zero-order chi connectivity index (χ0) is 22.3. The molecule has 2 aromatic carbocycles. The van der Waals surface area contributed by atoms with Crippen molar-refractivity contribution < 1.29 is 23.9 Å². The highest BCUT2D eigenvalue weighted by Gasteiger charge is 2.25. The van der Waals surface area contributed by atoms with Gasteiger partial charge in [0.2, 0.25) is 0 Å². The average Bonchev–Trinajstić information content (AvgIpc) is 3.14. The van der Waals surface area contributed by atoms with Crippen LogP contribution in [0.5, 0.6) is 5.75 Å². The number of ether oxygens (including phenoxy) is 2. The van der Waals surface area contributed by atoms with Gasteiger partial charge in [0.05, 0.1) is 11.5 Å². The molecule has 1 N–H and O–H groups in total. The van der Waals surface area contributed by atoms with E-state index in [9.17, 15) is 14.4 Å². The van der Waals surface area contributed by atoms with Crippen LogP contribution in [-0.4, -0.2) is 41.8 Å². The van der Waals surface area contributed by atoms with E-state index in [1.165, 1.54) is 0 Å². The number of hydrogen-bond acceptors (Lipinski definition) is 6. The van der Waals surface area contributed by atoms with Gasteiger partial charge in [-0.3, -0.25) is 14.9 Å². The molecule has 0 atom stereocenters. The van der Waals surface area contributed by atoms with E-state index >= 15 is 0 Å². The van der Waals surface area contributed by atoms with Crippen LogP contribution in [0.4, 0.5) is 9.59 Å². The number of benzene rings is 2. The summed E-state index contributed by atoms with van der Waals surface area (Å²) in [7, 11) is 0. The molecule has 0 aromatic heterocycles. The maximum Gasteiger partial charge on any atom is 0.410 e. The predicted octanol–water partition coefficient (Wildman–Crippen LogP) is 4.44. The van der Waals surface area contributed by atoms with Gasteiger partial charge in [0.15, 0.2) is 0 Å². The third-order valence-electron chi connectivity index (χ3n) is 5.38. The standard InChI is InChI=1S/C24H24N2O5S/c27-22-21(32-23(28)25-22)14-17-6-8-20(9-7-17)30-15-19-10-12-26(13-11-19)24(29)31-16-18-4-2-1-3-5-18/h1-9,14,19H,10-13,15-16H2,(H,25,27,28)/b21-14+. The number of nitrogens with one attached hydrogen (secondary N) is 1. The molecule has 0 aliphatic carbocycles. The Morgan fingerprint density at radius 1 is 1.06 bits per heavy atom. The summed E-state index contributed by atoms with van der Waals surface area (Å²) in [5.41, 5.74) is 1.80. The Hall–Kier alpha value is -3.26. The van der Waals surface area contributed by atoms with Crippen molar-refractivity contribution in [3.8, 4) is 5.75 Å². The Morgan fingerprint density at radius 2 is 1.78 bits per heavy atom. The lowest BCUT2D eigenvalue weighted by Gasteiger charge is -2.31. The molecule has 2 fully saturated rings. The number of nitrogens with zero attached hydrogens (tertiary/aromatic N) is 1. The molecule has 2 heterocycles. The van der Waals surface area contributed by atoms with Crippen LogP contribution in [0.2, 0.25) is 0 Å². The minimum Gasteiger partial charge on any atom is -0.493 e. The summed E-state index contributed by atoms with van der Waals surface area (Å²) in [6, 6.07) is 17.1. The summed E-state index contributed by atoms with van der Waals surface area (Å²) >= 11 is 0.899. The van der Waals surface area contributed by atoms with Crippen LogP contribution in [0.25, 0.3) is 6.08 Å². The molecule has 4 rings (SSSR count). The molecule has 0 saturated carbocycles. The van der Waals surface area contributed by atoms with Crippen molar-refractivity contribution in [1.29, 1.82) is 0 Å². The largest absolute Gasteiger partial charge is 0.493 e. The molecule has 0 radical (unpaired) electrons. The summed E-state index contributed by atoms with van der Waals surface area (Å²) in [6.07, 6.45) is 3.14. The topological polar surface area (TPSA) is 84.9 Å². The fourth-order valence-electron chi connectivity index (χ4n) is 3.54. The third kappa shape index (κ3) is 5.91. The van der Waals surface area contributed by atoms with Crippen LogP contribution in [-0.2, 0) is 16.1 Å². The summed E-state index contributed by atoms with van der Waals surface area (Å²) in [5.74, 6) is 0.756. The molecule has 0 unspecified atom stereocenters. The number of carbonyl (C=O) groups excluding carboxylic acids is 3. The first-order valence-corrected chi connectivity index (χ1v) is 11.3. The van der Waals surface area contributed by atoms with E-state index in [4.69, 9.17) is 9.47 Å². The fraction of sp³-hybridized carbons (Fsp3) is 0.292. The molecule has 3 amide bonds. The van der Waals surface area contributed by atoms with E-state index in [0.29, 0.717) is 30.5 Å². The fourth-order valence-corrected chi connectivity index (χ4v) is 4.22. The van der Waals surface area contributed by atoms with Gasteiger partial charge in [0.1, 0.15) is 12.4 Å². The van der Waals surface area contributed by atoms with Crippen LogP contribution in [0, 0.1) is 5.92 Å². The number of thioether (sulfide) groups is 1. The van der Waals surface area contributed by atoms with E-state index in [2.05, 4.69) is 5.32 Å². The smallest absolute Gasteiger partial charge is 0.410 e. The monoisotopic (exact) mass is 452 g/mol. The summed E-state index contributed by atoms with van der Waals surface area (Å²) in [5, 5.41) is 1.89. The normalized spacial score (nSPS) is 18.0. The molecule has 32 heavy (non-hydrogen) atoms. The number of piperidine rings is 1. The van der Waals surface area contributed by atoms with Gasteiger partial charge in [-0.15, -0.1) is 0 Å². The van der Waals surface area contributed by atoms with Crippen molar-refractivity contribution in [3.63, 3.8) is 0 Å². The summed E-state index contributed by atoms with van der Waals surface area (Å²) in [6.45, 7) is 2.19. The van der Waals surface area contributed by atoms with Crippen molar-refractivity contribution in [1.82, 2.24) is 10.2 Å². The molecular weight excluding hydrogens is 428 g/mol. The molecule has 2 aromatic rings. The lowest BCUT2D eigenvalue weighted by atomic mass is 9.98. The molecule has 0 spiro atoms. The number of hydrogen-bond donors (Lipinski definition) is 1. The highest BCUT2D eigenvalue weighted by atomic mass is 32.2.